The van der Waals surface area contributed by atoms with E-state index in [2.05, 4.69) is 16.7 Å². The molecule has 2 heterocycles. The van der Waals surface area contributed by atoms with Crippen molar-refractivity contribution in [2.75, 3.05) is 32.7 Å². The van der Waals surface area contributed by atoms with E-state index in [-0.39, 0.29) is 0 Å². The van der Waals surface area contributed by atoms with Crippen LogP contribution in [0, 0.1) is 0 Å². The number of rotatable bonds is 2. The van der Waals surface area contributed by atoms with Gasteiger partial charge in [-0.15, -0.1) is 0 Å². The molecule has 0 radical (unpaired) electrons. The van der Waals surface area contributed by atoms with Crippen LogP contribution >= 0.6 is 0 Å². The van der Waals surface area contributed by atoms with Crippen molar-refractivity contribution in [1.82, 2.24) is 9.80 Å². The standard InChI is InChI=1S/C8H17N3/c1-2-10-5-8(6-10)11-3-7(9)4-11/h7-8H,2-6,9H2,1H3. The Labute approximate surface area is 68.1 Å². The van der Waals surface area contributed by atoms with Crippen molar-refractivity contribution in [3.63, 3.8) is 0 Å². The summed E-state index contributed by atoms with van der Waals surface area (Å²) in [7, 11) is 0. The molecule has 0 aromatic heterocycles. The van der Waals surface area contributed by atoms with Crippen molar-refractivity contribution in [2.45, 2.75) is 19.0 Å². The lowest BCUT2D eigenvalue weighted by Crippen LogP contribution is -2.68. The number of hydrogen-bond donors (Lipinski definition) is 1. The molecule has 2 fully saturated rings. The molecule has 0 aromatic carbocycles. The lowest BCUT2D eigenvalue weighted by atomic mass is 10.0. The van der Waals surface area contributed by atoms with E-state index in [9.17, 15) is 0 Å². The predicted octanol–water partition coefficient (Wildman–Crippen LogP) is -0.667. The van der Waals surface area contributed by atoms with Crippen molar-refractivity contribution >= 4 is 0 Å². The van der Waals surface area contributed by atoms with E-state index in [0.29, 0.717) is 6.04 Å². The molecule has 0 bridgehead atoms. The molecule has 0 spiro atoms. The van der Waals surface area contributed by atoms with Gasteiger partial charge in [-0.3, -0.25) is 4.90 Å². The largest absolute Gasteiger partial charge is 0.325 e. The monoisotopic (exact) mass is 155 g/mol. The fraction of sp³-hybridized carbons (Fsp3) is 1.00. The fourth-order valence-electron chi connectivity index (χ4n) is 1.88. The Bertz CT molecular complexity index is 136. The topological polar surface area (TPSA) is 32.5 Å². The van der Waals surface area contributed by atoms with Crippen molar-refractivity contribution < 1.29 is 0 Å². The van der Waals surface area contributed by atoms with E-state index < -0.39 is 0 Å². The molecule has 0 amide bonds. The van der Waals surface area contributed by atoms with Gasteiger partial charge in [-0.25, -0.2) is 0 Å². The summed E-state index contributed by atoms with van der Waals surface area (Å²) < 4.78 is 0. The smallest absolute Gasteiger partial charge is 0.0351 e. The Morgan fingerprint density at radius 1 is 1.27 bits per heavy atom. The van der Waals surface area contributed by atoms with Gasteiger partial charge in [0.05, 0.1) is 0 Å². The molecule has 0 aromatic rings. The Kier molecular flexibility index (Phi) is 1.87. The van der Waals surface area contributed by atoms with E-state index >= 15 is 0 Å². The van der Waals surface area contributed by atoms with E-state index in [4.69, 9.17) is 5.73 Å². The third kappa shape index (κ3) is 1.28. The molecule has 11 heavy (non-hydrogen) atoms. The second-order valence-corrected chi connectivity index (χ2v) is 3.72. The summed E-state index contributed by atoms with van der Waals surface area (Å²) in [4.78, 5) is 4.96. The van der Waals surface area contributed by atoms with Crippen LogP contribution in [0.15, 0.2) is 0 Å². The van der Waals surface area contributed by atoms with Crippen molar-refractivity contribution in [3.8, 4) is 0 Å². The number of hydrogen-bond acceptors (Lipinski definition) is 3. The van der Waals surface area contributed by atoms with Crippen LogP contribution < -0.4 is 5.73 Å². The van der Waals surface area contributed by atoms with Gasteiger partial charge >= 0.3 is 0 Å². The Morgan fingerprint density at radius 3 is 2.36 bits per heavy atom. The van der Waals surface area contributed by atoms with Gasteiger partial charge in [0.1, 0.15) is 0 Å². The molecule has 0 unspecified atom stereocenters. The zero-order valence-electron chi connectivity index (χ0n) is 7.16. The first-order valence-electron chi connectivity index (χ1n) is 4.51. The van der Waals surface area contributed by atoms with E-state index in [1.54, 1.807) is 0 Å². The summed E-state index contributed by atoms with van der Waals surface area (Å²) in [5.74, 6) is 0. The van der Waals surface area contributed by atoms with Crippen LogP contribution in [-0.2, 0) is 0 Å². The lowest BCUT2D eigenvalue weighted by molar-refractivity contribution is -0.00705. The highest BCUT2D eigenvalue weighted by atomic mass is 15.3. The molecule has 3 heteroatoms. The third-order valence-corrected chi connectivity index (χ3v) is 2.84. The van der Waals surface area contributed by atoms with Gasteiger partial charge in [-0.1, -0.05) is 6.92 Å². The Hall–Kier alpha value is -0.120. The number of nitrogens with zero attached hydrogens (tertiary/aromatic N) is 2. The van der Waals surface area contributed by atoms with Crippen molar-refractivity contribution in [1.29, 1.82) is 0 Å². The molecule has 2 saturated heterocycles. The van der Waals surface area contributed by atoms with E-state index in [1.807, 2.05) is 0 Å². The summed E-state index contributed by atoms with van der Waals surface area (Å²) in [6.45, 7) is 8.21. The Morgan fingerprint density at radius 2 is 1.91 bits per heavy atom. The Balaban J connectivity index is 1.67. The van der Waals surface area contributed by atoms with Crippen LogP contribution in [0.2, 0.25) is 0 Å². The number of likely N-dealkylation sites (N-methyl/N-ethyl adjacent to an activating group) is 1. The summed E-state index contributed by atoms with van der Waals surface area (Å²) >= 11 is 0. The molecule has 0 atom stereocenters. The second kappa shape index (κ2) is 2.73. The first-order valence-corrected chi connectivity index (χ1v) is 4.51. The molecular weight excluding hydrogens is 138 g/mol. The first-order chi connectivity index (χ1) is 5.29. The maximum Gasteiger partial charge on any atom is 0.0351 e. The molecular formula is C8H17N3. The minimum Gasteiger partial charge on any atom is -0.325 e. The quantitative estimate of drug-likeness (QED) is 0.574. The van der Waals surface area contributed by atoms with Crippen molar-refractivity contribution in [2.24, 2.45) is 5.73 Å². The van der Waals surface area contributed by atoms with Gasteiger partial charge in [0.25, 0.3) is 0 Å². The summed E-state index contributed by atoms with van der Waals surface area (Å²) in [5, 5.41) is 0. The number of likely N-dealkylation sites (tertiary alicyclic amines) is 2. The molecule has 2 aliphatic rings. The average Bonchev–Trinajstić information content (AvgIpc) is 1.81. The lowest BCUT2D eigenvalue weighted by Gasteiger charge is -2.51. The predicted molar refractivity (Wildman–Crippen MR) is 45.5 cm³/mol. The summed E-state index contributed by atoms with van der Waals surface area (Å²) in [5.41, 5.74) is 5.70. The fourth-order valence-corrected chi connectivity index (χ4v) is 1.88. The SMILES string of the molecule is CCN1CC(N2CC(N)C2)C1. The summed E-state index contributed by atoms with van der Waals surface area (Å²) in [6, 6.07) is 1.29. The van der Waals surface area contributed by atoms with Gasteiger partial charge < -0.3 is 10.6 Å². The molecule has 0 aliphatic carbocycles. The van der Waals surface area contributed by atoms with Crippen LogP contribution in [0.25, 0.3) is 0 Å². The molecule has 2 aliphatic heterocycles. The van der Waals surface area contributed by atoms with E-state index in [1.165, 1.54) is 19.6 Å². The zero-order chi connectivity index (χ0) is 7.84. The van der Waals surface area contributed by atoms with Crippen LogP contribution in [0.4, 0.5) is 0 Å². The minimum absolute atomic E-state index is 0.464. The molecule has 64 valence electrons. The van der Waals surface area contributed by atoms with Crippen LogP contribution in [0.3, 0.4) is 0 Å². The van der Waals surface area contributed by atoms with Crippen LogP contribution in [0.1, 0.15) is 6.92 Å². The summed E-state index contributed by atoms with van der Waals surface area (Å²) in [6.07, 6.45) is 0. The van der Waals surface area contributed by atoms with Gasteiger partial charge in [-0.05, 0) is 6.54 Å². The highest BCUT2D eigenvalue weighted by Crippen LogP contribution is 2.19. The average molecular weight is 155 g/mol. The van der Waals surface area contributed by atoms with Crippen molar-refractivity contribution in [3.05, 3.63) is 0 Å². The molecule has 2 N–H and O–H groups in total. The molecule has 2 rings (SSSR count). The van der Waals surface area contributed by atoms with Gasteiger partial charge in [0.15, 0.2) is 0 Å². The van der Waals surface area contributed by atoms with Crippen LogP contribution in [0.5, 0.6) is 0 Å². The minimum atomic E-state index is 0.464. The van der Waals surface area contributed by atoms with Gasteiger partial charge in [-0.2, -0.15) is 0 Å². The normalized spacial score (nSPS) is 30.0. The maximum absolute atomic E-state index is 5.70. The van der Waals surface area contributed by atoms with Gasteiger partial charge in [0, 0.05) is 38.3 Å². The maximum atomic E-state index is 5.70. The van der Waals surface area contributed by atoms with E-state index in [0.717, 1.165) is 19.1 Å². The number of nitrogens with two attached hydrogens (primary N) is 1. The third-order valence-electron chi connectivity index (χ3n) is 2.84. The first kappa shape index (κ1) is 7.53. The van der Waals surface area contributed by atoms with Gasteiger partial charge in [0.2, 0.25) is 0 Å². The molecule has 3 nitrogen and oxygen atoms in total. The second-order valence-electron chi connectivity index (χ2n) is 3.72. The highest BCUT2D eigenvalue weighted by Gasteiger charge is 2.36. The van der Waals surface area contributed by atoms with Crippen LogP contribution in [-0.4, -0.2) is 54.6 Å². The molecule has 0 saturated carbocycles. The highest BCUT2D eigenvalue weighted by molar-refractivity contribution is 4.95. The zero-order valence-corrected chi connectivity index (χ0v) is 7.16.